The van der Waals surface area contributed by atoms with Crippen LogP contribution in [-0.2, 0) is 4.79 Å². The van der Waals surface area contributed by atoms with Gasteiger partial charge in [-0.2, -0.15) is 10.1 Å². The maximum atomic E-state index is 12.6. The molecule has 5 aliphatic heterocycles. The molecule has 2 bridgehead atoms. The second-order valence-electron chi connectivity index (χ2n) is 6.99. The fraction of sp³-hybridized carbons (Fsp3) is 0.529. The van der Waals surface area contributed by atoms with E-state index in [1.807, 2.05) is 19.2 Å². The molecule has 0 aliphatic carbocycles. The third kappa shape index (κ3) is 2.22. The Labute approximate surface area is 144 Å². The van der Waals surface area contributed by atoms with Crippen LogP contribution >= 0.6 is 11.8 Å². The molecule has 6 nitrogen and oxygen atoms in total. The number of aromatic amines is 1. The summed E-state index contributed by atoms with van der Waals surface area (Å²) in [5.41, 5.74) is 2.91. The van der Waals surface area contributed by atoms with Crippen LogP contribution in [0.4, 0.5) is 0 Å². The number of nitrogens with one attached hydrogen (secondary N) is 1. The van der Waals surface area contributed by atoms with Crippen molar-refractivity contribution in [3.05, 3.63) is 23.5 Å². The van der Waals surface area contributed by atoms with Gasteiger partial charge in [0.15, 0.2) is 0 Å². The number of aliphatic imine (C=N–C) groups is 2. The monoisotopic (exact) mass is 341 g/mol. The Balaban J connectivity index is 1.47. The van der Waals surface area contributed by atoms with Gasteiger partial charge < -0.3 is 0 Å². The number of allylic oxidation sites excluding steroid dienone is 1. The Morgan fingerprint density at radius 3 is 2.79 bits per heavy atom. The molecule has 1 amide bonds. The molecular formula is C17H19N5OS. The van der Waals surface area contributed by atoms with Gasteiger partial charge in [0, 0.05) is 16.2 Å². The molecule has 0 aromatic carbocycles. The Bertz CT molecular complexity index is 800. The predicted octanol–water partition coefficient (Wildman–Crippen LogP) is 2.04. The summed E-state index contributed by atoms with van der Waals surface area (Å²) in [5, 5.41) is 6.75. The van der Waals surface area contributed by atoms with Crippen LogP contribution < -0.4 is 0 Å². The number of carbonyl (C=O) groups is 1. The number of aromatic nitrogens is 2. The standard InChI is InChI=1S/C17H19N5OS/c1-9-11(8-18-21-9)14-7-12-15(24-14)17(23)20-16(19-12)13-6-10-2-4-22(13)5-3-10/h7-8,10,13,15H,2-6H2,1H3,(H,18,21)/t13-,15?/m1/s1. The summed E-state index contributed by atoms with van der Waals surface area (Å²) in [6.07, 6.45) is 7.49. The number of fused-ring (bicyclic) bond motifs is 4. The summed E-state index contributed by atoms with van der Waals surface area (Å²) in [7, 11) is 0. The number of thioether (sulfide) groups is 1. The van der Waals surface area contributed by atoms with Gasteiger partial charge in [0.1, 0.15) is 11.1 Å². The van der Waals surface area contributed by atoms with E-state index in [-0.39, 0.29) is 17.2 Å². The molecule has 24 heavy (non-hydrogen) atoms. The van der Waals surface area contributed by atoms with E-state index in [4.69, 9.17) is 4.99 Å². The second kappa shape index (κ2) is 5.39. The van der Waals surface area contributed by atoms with Crippen molar-refractivity contribution in [2.45, 2.75) is 37.5 Å². The minimum Gasteiger partial charge on any atom is -0.293 e. The number of piperidine rings is 3. The highest BCUT2D eigenvalue weighted by atomic mass is 32.2. The maximum Gasteiger partial charge on any atom is 0.267 e. The van der Waals surface area contributed by atoms with E-state index in [1.165, 1.54) is 24.6 Å². The van der Waals surface area contributed by atoms with E-state index in [0.717, 1.165) is 53.1 Å². The Kier molecular flexibility index (Phi) is 3.28. The first-order chi connectivity index (χ1) is 11.7. The third-order valence-electron chi connectivity index (χ3n) is 5.53. The zero-order valence-electron chi connectivity index (χ0n) is 13.5. The molecule has 6 rings (SSSR count). The van der Waals surface area contributed by atoms with E-state index in [0.29, 0.717) is 0 Å². The van der Waals surface area contributed by atoms with Gasteiger partial charge in [-0.3, -0.25) is 14.8 Å². The number of hydrogen-bond donors (Lipinski definition) is 1. The number of nitrogens with zero attached hydrogens (tertiary/aromatic N) is 4. The average molecular weight is 341 g/mol. The third-order valence-corrected chi connectivity index (χ3v) is 6.80. The molecule has 5 aliphatic rings. The zero-order valence-corrected chi connectivity index (χ0v) is 14.3. The highest BCUT2D eigenvalue weighted by Gasteiger charge is 2.41. The van der Waals surface area contributed by atoms with Crippen molar-refractivity contribution in [1.29, 1.82) is 0 Å². The van der Waals surface area contributed by atoms with Crippen LogP contribution in [0.2, 0.25) is 0 Å². The molecule has 124 valence electrons. The van der Waals surface area contributed by atoms with Crippen LogP contribution in [0.3, 0.4) is 0 Å². The van der Waals surface area contributed by atoms with Crippen molar-refractivity contribution in [2.75, 3.05) is 13.1 Å². The molecular weight excluding hydrogens is 322 g/mol. The highest BCUT2D eigenvalue weighted by molar-refractivity contribution is 8.10. The van der Waals surface area contributed by atoms with Gasteiger partial charge in [-0.25, -0.2) is 4.99 Å². The van der Waals surface area contributed by atoms with E-state index < -0.39 is 0 Å². The Morgan fingerprint density at radius 2 is 2.12 bits per heavy atom. The van der Waals surface area contributed by atoms with Gasteiger partial charge in [-0.05, 0) is 51.3 Å². The van der Waals surface area contributed by atoms with Gasteiger partial charge in [-0.15, -0.1) is 11.8 Å². The first kappa shape index (κ1) is 14.6. The number of carbonyl (C=O) groups excluding carboxylic acids is 1. The fourth-order valence-corrected chi connectivity index (χ4v) is 5.32. The van der Waals surface area contributed by atoms with E-state index >= 15 is 0 Å². The van der Waals surface area contributed by atoms with Gasteiger partial charge in [0.05, 0.1) is 18.0 Å². The zero-order chi connectivity index (χ0) is 16.3. The fourth-order valence-electron chi connectivity index (χ4n) is 4.15. The van der Waals surface area contributed by atoms with Crippen LogP contribution in [0.1, 0.15) is 30.5 Å². The molecule has 3 saturated heterocycles. The minimum atomic E-state index is -0.283. The van der Waals surface area contributed by atoms with Crippen molar-refractivity contribution in [1.82, 2.24) is 15.1 Å². The van der Waals surface area contributed by atoms with Crippen LogP contribution in [0, 0.1) is 12.8 Å². The van der Waals surface area contributed by atoms with Crippen molar-refractivity contribution < 1.29 is 4.79 Å². The lowest BCUT2D eigenvalue weighted by molar-refractivity contribution is -0.116. The normalized spacial score (nSPS) is 34.7. The highest BCUT2D eigenvalue weighted by Crippen LogP contribution is 2.41. The topological polar surface area (TPSA) is 73.7 Å². The van der Waals surface area contributed by atoms with Crippen molar-refractivity contribution in [2.24, 2.45) is 15.9 Å². The lowest BCUT2D eigenvalue weighted by Crippen LogP contribution is -2.53. The number of hydrogen-bond acceptors (Lipinski definition) is 5. The molecule has 1 unspecified atom stereocenters. The van der Waals surface area contributed by atoms with Crippen molar-refractivity contribution in [3.8, 4) is 0 Å². The van der Waals surface area contributed by atoms with Gasteiger partial charge in [0.2, 0.25) is 0 Å². The number of aryl methyl sites for hydroxylation is 1. The van der Waals surface area contributed by atoms with Gasteiger partial charge >= 0.3 is 0 Å². The molecule has 0 spiro atoms. The number of rotatable bonds is 2. The Morgan fingerprint density at radius 1 is 1.29 bits per heavy atom. The molecule has 3 fully saturated rings. The lowest BCUT2D eigenvalue weighted by Gasteiger charge is -2.45. The molecule has 0 saturated carbocycles. The van der Waals surface area contributed by atoms with Crippen LogP contribution in [0.25, 0.3) is 4.91 Å². The minimum absolute atomic E-state index is 0.0601. The Hall–Kier alpha value is -1.73. The smallest absolute Gasteiger partial charge is 0.267 e. The summed E-state index contributed by atoms with van der Waals surface area (Å²) < 4.78 is 0. The number of H-pyrrole nitrogens is 1. The molecule has 0 radical (unpaired) electrons. The van der Waals surface area contributed by atoms with E-state index in [9.17, 15) is 4.79 Å². The molecule has 2 atom stereocenters. The van der Waals surface area contributed by atoms with Gasteiger partial charge in [-0.1, -0.05) is 0 Å². The second-order valence-corrected chi connectivity index (χ2v) is 8.14. The predicted molar refractivity (Wildman–Crippen MR) is 95.3 cm³/mol. The lowest BCUT2D eigenvalue weighted by atomic mass is 9.83. The quantitative estimate of drug-likeness (QED) is 0.893. The molecule has 1 aromatic heterocycles. The van der Waals surface area contributed by atoms with Crippen LogP contribution in [-0.4, -0.2) is 56.9 Å². The summed E-state index contributed by atoms with van der Waals surface area (Å²) in [5.74, 6) is 1.45. The first-order valence-corrected chi connectivity index (χ1v) is 9.41. The molecule has 1 aromatic rings. The summed E-state index contributed by atoms with van der Waals surface area (Å²) in [6, 6.07) is 0.230. The number of amidine groups is 1. The number of amides is 1. The van der Waals surface area contributed by atoms with Gasteiger partial charge in [0.25, 0.3) is 5.91 Å². The van der Waals surface area contributed by atoms with E-state index in [1.54, 1.807) is 0 Å². The van der Waals surface area contributed by atoms with E-state index in [2.05, 4.69) is 20.1 Å². The summed E-state index contributed by atoms with van der Waals surface area (Å²) >= 11 is 1.54. The first-order valence-electron chi connectivity index (χ1n) is 8.53. The van der Waals surface area contributed by atoms with Crippen LogP contribution in [0.15, 0.2) is 22.3 Å². The SMILES string of the molecule is Cc1[nH]ncc1C1=CC2=NC([C@H]3CC4CCN3CC4)=NC(=O)C2S1. The average Bonchev–Trinajstić information content (AvgIpc) is 3.21. The maximum absolute atomic E-state index is 12.6. The van der Waals surface area contributed by atoms with Crippen molar-refractivity contribution in [3.63, 3.8) is 0 Å². The molecule has 7 heteroatoms. The van der Waals surface area contributed by atoms with Crippen LogP contribution in [0.5, 0.6) is 0 Å². The summed E-state index contributed by atoms with van der Waals surface area (Å²) in [4.78, 5) is 25.3. The molecule has 6 heterocycles. The van der Waals surface area contributed by atoms with Crippen molar-refractivity contribution >= 4 is 34.1 Å². The summed E-state index contributed by atoms with van der Waals surface area (Å²) in [6.45, 7) is 4.21. The molecule has 1 N–H and O–H groups in total. The largest absolute Gasteiger partial charge is 0.293 e.